The van der Waals surface area contributed by atoms with E-state index in [2.05, 4.69) is 32.2 Å². The Bertz CT molecular complexity index is 1050. The SMILES string of the molecule is CC(Sc1nnc(C2CC2)n1Cc1ccccc1)C(=O)Nc1c(Cl)cc(Cl)cc1Cl. The van der Waals surface area contributed by atoms with E-state index in [1.807, 2.05) is 25.1 Å². The van der Waals surface area contributed by atoms with Gasteiger partial charge in [0.25, 0.3) is 0 Å². The molecule has 1 heterocycles. The number of hydrogen-bond donors (Lipinski definition) is 1. The number of halogens is 3. The van der Waals surface area contributed by atoms with E-state index in [0.717, 1.165) is 29.4 Å². The van der Waals surface area contributed by atoms with E-state index in [1.54, 1.807) is 12.1 Å². The quantitative estimate of drug-likeness (QED) is 0.403. The lowest BCUT2D eigenvalue weighted by atomic mass is 10.2. The van der Waals surface area contributed by atoms with Gasteiger partial charge in [-0.25, -0.2) is 0 Å². The Morgan fingerprint density at radius 3 is 2.47 bits per heavy atom. The Kier molecular flexibility index (Phi) is 6.58. The van der Waals surface area contributed by atoms with Crippen molar-refractivity contribution in [1.82, 2.24) is 14.8 Å². The smallest absolute Gasteiger partial charge is 0.237 e. The van der Waals surface area contributed by atoms with Crippen LogP contribution in [0, 0.1) is 0 Å². The number of amides is 1. The maximum atomic E-state index is 12.8. The fourth-order valence-electron chi connectivity index (χ4n) is 3.04. The molecule has 1 fully saturated rings. The molecular weight excluding hydrogens is 463 g/mol. The van der Waals surface area contributed by atoms with Crippen LogP contribution < -0.4 is 5.32 Å². The van der Waals surface area contributed by atoms with Gasteiger partial charge in [-0.05, 0) is 37.5 Å². The summed E-state index contributed by atoms with van der Waals surface area (Å²) in [6.45, 7) is 2.49. The first kappa shape index (κ1) is 21.5. The van der Waals surface area contributed by atoms with Crippen LogP contribution in [-0.4, -0.2) is 25.9 Å². The maximum Gasteiger partial charge on any atom is 0.237 e. The summed E-state index contributed by atoms with van der Waals surface area (Å²) in [7, 11) is 0. The van der Waals surface area contributed by atoms with Gasteiger partial charge in [0.15, 0.2) is 5.16 Å². The van der Waals surface area contributed by atoms with Crippen molar-refractivity contribution < 1.29 is 4.79 Å². The molecule has 1 aromatic heterocycles. The highest BCUT2D eigenvalue weighted by atomic mass is 35.5. The Morgan fingerprint density at radius 1 is 1.17 bits per heavy atom. The van der Waals surface area contributed by atoms with Crippen LogP contribution in [0.5, 0.6) is 0 Å². The van der Waals surface area contributed by atoms with Gasteiger partial charge in [-0.15, -0.1) is 10.2 Å². The summed E-state index contributed by atoms with van der Waals surface area (Å²) in [5, 5.41) is 12.9. The van der Waals surface area contributed by atoms with Gasteiger partial charge < -0.3 is 9.88 Å². The lowest BCUT2D eigenvalue weighted by Gasteiger charge is -2.15. The molecule has 0 saturated heterocycles. The van der Waals surface area contributed by atoms with Gasteiger partial charge in [-0.3, -0.25) is 4.79 Å². The average Bonchev–Trinajstić information content (AvgIpc) is 3.48. The number of nitrogens with zero attached hydrogens (tertiary/aromatic N) is 3. The summed E-state index contributed by atoms with van der Waals surface area (Å²) in [5.41, 5.74) is 1.52. The molecule has 2 aromatic carbocycles. The topological polar surface area (TPSA) is 59.8 Å². The Hall–Kier alpha value is -1.73. The summed E-state index contributed by atoms with van der Waals surface area (Å²) in [5.74, 6) is 1.21. The van der Waals surface area contributed by atoms with E-state index in [-0.39, 0.29) is 5.91 Å². The summed E-state index contributed by atoms with van der Waals surface area (Å²) in [6, 6.07) is 13.3. The Morgan fingerprint density at radius 2 is 1.83 bits per heavy atom. The zero-order valence-electron chi connectivity index (χ0n) is 16.1. The van der Waals surface area contributed by atoms with Gasteiger partial charge >= 0.3 is 0 Å². The minimum atomic E-state index is -0.432. The fourth-order valence-corrected chi connectivity index (χ4v) is 4.81. The summed E-state index contributed by atoms with van der Waals surface area (Å²) in [4.78, 5) is 12.8. The maximum absolute atomic E-state index is 12.8. The molecule has 156 valence electrons. The van der Waals surface area contributed by atoms with Crippen molar-refractivity contribution in [2.24, 2.45) is 0 Å². The molecule has 0 radical (unpaired) electrons. The predicted molar refractivity (Wildman–Crippen MR) is 123 cm³/mol. The van der Waals surface area contributed by atoms with Gasteiger partial charge in [-0.2, -0.15) is 0 Å². The predicted octanol–water partition coefficient (Wildman–Crippen LogP) is 6.28. The van der Waals surface area contributed by atoms with E-state index < -0.39 is 5.25 Å². The first-order valence-corrected chi connectivity index (χ1v) is 11.5. The number of carbonyl (C=O) groups is 1. The number of carbonyl (C=O) groups excluding carboxylic acids is 1. The van der Waals surface area contributed by atoms with Crippen LogP contribution in [0.4, 0.5) is 5.69 Å². The molecule has 1 unspecified atom stereocenters. The molecule has 0 aliphatic heterocycles. The van der Waals surface area contributed by atoms with Crippen molar-refractivity contribution in [3.8, 4) is 0 Å². The van der Waals surface area contributed by atoms with Crippen molar-refractivity contribution in [3.63, 3.8) is 0 Å². The van der Waals surface area contributed by atoms with Gasteiger partial charge in [0.1, 0.15) is 5.82 Å². The summed E-state index contributed by atoms with van der Waals surface area (Å²) in [6.07, 6.45) is 2.25. The molecule has 30 heavy (non-hydrogen) atoms. The lowest BCUT2D eigenvalue weighted by molar-refractivity contribution is -0.115. The molecule has 5 nitrogen and oxygen atoms in total. The van der Waals surface area contributed by atoms with Crippen LogP contribution in [0.2, 0.25) is 15.1 Å². The third-order valence-electron chi connectivity index (χ3n) is 4.78. The highest BCUT2D eigenvalue weighted by Gasteiger charge is 2.31. The van der Waals surface area contributed by atoms with Gasteiger partial charge in [0, 0.05) is 10.9 Å². The van der Waals surface area contributed by atoms with Crippen molar-refractivity contribution >= 4 is 58.2 Å². The molecule has 4 rings (SSSR count). The van der Waals surface area contributed by atoms with E-state index in [4.69, 9.17) is 34.8 Å². The van der Waals surface area contributed by atoms with Gasteiger partial charge in [0.2, 0.25) is 5.91 Å². The molecule has 1 amide bonds. The molecule has 1 aliphatic rings. The van der Waals surface area contributed by atoms with E-state index >= 15 is 0 Å². The van der Waals surface area contributed by atoms with Crippen molar-refractivity contribution in [2.75, 3.05) is 5.32 Å². The van der Waals surface area contributed by atoms with Crippen molar-refractivity contribution in [3.05, 3.63) is 68.9 Å². The molecular formula is C21H19Cl3N4OS. The first-order chi connectivity index (χ1) is 14.4. The number of nitrogens with one attached hydrogen (secondary N) is 1. The van der Waals surface area contributed by atoms with Crippen LogP contribution in [0.1, 0.15) is 37.1 Å². The second-order valence-corrected chi connectivity index (χ2v) is 9.74. The fraction of sp³-hybridized carbons (Fsp3) is 0.286. The first-order valence-electron chi connectivity index (χ1n) is 9.51. The van der Waals surface area contributed by atoms with Crippen molar-refractivity contribution in [1.29, 1.82) is 0 Å². The molecule has 0 bridgehead atoms. The summed E-state index contributed by atoms with van der Waals surface area (Å²) >= 11 is 19.7. The summed E-state index contributed by atoms with van der Waals surface area (Å²) < 4.78 is 2.11. The van der Waals surface area contributed by atoms with Crippen LogP contribution in [-0.2, 0) is 11.3 Å². The minimum absolute atomic E-state index is 0.228. The highest BCUT2D eigenvalue weighted by Crippen LogP contribution is 2.41. The number of anilines is 1. The zero-order valence-corrected chi connectivity index (χ0v) is 19.2. The number of hydrogen-bond acceptors (Lipinski definition) is 4. The molecule has 1 aliphatic carbocycles. The molecule has 3 aromatic rings. The third-order valence-corrected chi connectivity index (χ3v) is 6.67. The molecule has 1 saturated carbocycles. The van der Waals surface area contributed by atoms with Crippen LogP contribution in [0.3, 0.4) is 0 Å². The monoisotopic (exact) mass is 480 g/mol. The van der Waals surface area contributed by atoms with Crippen molar-refractivity contribution in [2.45, 2.75) is 42.6 Å². The average molecular weight is 482 g/mol. The Balaban J connectivity index is 1.52. The van der Waals surface area contributed by atoms with Crippen LogP contribution >= 0.6 is 46.6 Å². The van der Waals surface area contributed by atoms with Crippen LogP contribution in [0.15, 0.2) is 47.6 Å². The zero-order chi connectivity index (χ0) is 21.3. The number of aromatic nitrogens is 3. The lowest BCUT2D eigenvalue weighted by Crippen LogP contribution is -2.23. The van der Waals surface area contributed by atoms with E-state index in [9.17, 15) is 4.79 Å². The third kappa shape index (κ3) is 4.94. The molecule has 1 N–H and O–H groups in total. The van der Waals surface area contributed by atoms with E-state index in [0.29, 0.717) is 33.2 Å². The van der Waals surface area contributed by atoms with Gasteiger partial charge in [0.05, 0.1) is 27.5 Å². The minimum Gasteiger partial charge on any atom is -0.323 e. The number of benzene rings is 2. The largest absolute Gasteiger partial charge is 0.323 e. The Labute approximate surface area is 194 Å². The second-order valence-electron chi connectivity index (χ2n) is 7.18. The normalized spacial score (nSPS) is 14.5. The van der Waals surface area contributed by atoms with Crippen LogP contribution in [0.25, 0.3) is 0 Å². The number of thioether (sulfide) groups is 1. The standard InChI is InChI=1S/C21H19Cl3N4OS/c1-12(20(29)25-18-16(23)9-15(22)10-17(18)24)30-21-27-26-19(14-7-8-14)28(21)11-13-5-3-2-4-6-13/h2-6,9-10,12,14H,7-8,11H2,1H3,(H,25,29). The number of rotatable bonds is 7. The van der Waals surface area contributed by atoms with Gasteiger partial charge in [-0.1, -0.05) is 76.9 Å². The molecule has 9 heteroatoms. The van der Waals surface area contributed by atoms with E-state index in [1.165, 1.54) is 11.8 Å². The highest BCUT2D eigenvalue weighted by molar-refractivity contribution is 8.00. The second kappa shape index (κ2) is 9.18. The molecule has 1 atom stereocenters. The molecule has 0 spiro atoms.